The van der Waals surface area contributed by atoms with E-state index in [-0.39, 0.29) is 12.5 Å². The van der Waals surface area contributed by atoms with E-state index in [2.05, 4.69) is 21.2 Å². The molecule has 0 heterocycles. The van der Waals surface area contributed by atoms with Gasteiger partial charge in [0.05, 0.1) is 0 Å². The fourth-order valence-corrected chi connectivity index (χ4v) is 1.91. The molecule has 0 bridgehead atoms. The summed E-state index contributed by atoms with van der Waals surface area (Å²) in [6.07, 6.45) is 3.83. The Morgan fingerprint density at radius 2 is 2.29 bits per heavy atom. The highest BCUT2D eigenvalue weighted by atomic mass is 79.9. The number of amides is 1. The second-order valence-electron chi connectivity index (χ2n) is 3.73. The number of rotatable bonds is 5. The average molecular weight is 298 g/mol. The van der Waals surface area contributed by atoms with Gasteiger partial charge in [0.1, 0.15) is 0 Å². The Hall–Kier alpha value is -1.13. The first-order valence-corrected chi connectivity index (χ1v) is 6.25. The maximum absolute atomic E-state index is 11.4. The van der Waals surface area contributed by atoms with E-state index < -0.39 is 0 Å². The van der Waals surface area contributed by atoms with Crippen molar-refractivity contribution in [3.63, 3.8) is 0 Å². The van der Waals surface area contributed by atoms with Crippen LogP contribution in [0.15, 0.2) is 28.7 Å². The van der Waals surface area contributed by atoms with E-state index in [9.17, 15) is 4.79 Å². The standard InChI is InChI=1S/C13H16BrNO2/c1-10-3-4-11(12(14)9-10)5-6-13(17)15-7-2-8-16/h3-6,9,16H,2,7-8H2,1H3,(H,15,17)/b6-5+. The summed E-state index contributed by atoms with van der Waals surface area (Å²) < 4.78 is 0.969. The van der Waals surface area contributed by atoms with E-state index in [1.165, 1.54) is 11.6 Å². The van der Waals surface area contributed by atoms with Crippen molar-refractivity contribution in [1.29, 1.82) is 0 Å². The average Bonchev–Trinajstić information content (AvgIpc) is 2.28. The van der Waals surface area contributed by atoms with Gasteiger partial charge in [-0.15, -0.1) is 0 Å². The normalized spacial score (nSPS) is 10.8. The van der Waals surface area contributed by atoms with E-state index in [4.69, 9.17) is 5.11 Å². The van der Waals surface area contributed by atoms with Gasteiger partial charge in [-0.2, -0.15) is 0 Å². The Kier molecular flexibility index (Phi) is 5.94. The molecule has 0 radical (unpaired) electrons. The van der Waals surface area contributed by atoms with Gasteiger partial charge in [0, 0.05) is 23.7 Å². The SMILES string of the molecule is Cc1ccc(/C=C/C(=O)NCCCO)c(Br)c1. The number of carbonyl (C=O) groups is 1. The Morgan fingerprint density at radius 3 is 2.94 bits per heavy atom. The molecular weight excluding hydrogens is 282 g/mol. The van der Waals surface area contributed by atoms with Crippen LogP contribution >= 0.6 is 15.9 Å². The summed E-state index contributed by atoms with van der Waals surface area (Å²) in [4.78, 5) is 11.4. The molecule has 0 atom stereocenters. The summed E-state index contributed by atoms with van der Waals surface area (Å²) in [5.74, 6) is -0.147. The van der Waals surface area contributed by atoms with Gasteiger partial charge in [-0.1, -0.05) is 28.1 Å². The van der Waals surface area contributed by atoms with E-state index in [1.807, 2.05) is 25.1 Å². The number of hydrogen-bond acceptors (Lipinski definition) is 2. The maximum atomic E-state index is 11.4. The minimum absolute atomic E-state index is 0.0908. The van der Waals surface area contributed by atoms with Crippen LogP contribution in [0.1, 0.15) is 17.5 Å². The van der Waals surface area contributed by atoms with Crippen LogP contribution in [0, 0.1) is 6.92 Å². The van der Waals surface area contributed by atoms with Crippen LogP contribution in [0.3, 0.4) is 0 Å². The lowest BCUT2D eigenvalue weighted by atomic mass is 10.1. The molecule has 92 valence electrons. The quantitative estimate of drug-likeness (QED) is 0.647. The lowest BCUT2D eigenvalue weighted by molar-refractivity contribution is -0.116. The molecule has 0 saturated heterocycles. The molecule has 0 aliphatic carbocycles. The highest BCUT2D eigenvalue weighted by molar-refractivity contribution is 9.10. The number of benzene rings is 1. The van der Waals surface area contributed by atoms with Crippen LogP contribution in [0.5, 0.6) is 0 Å². The summed E-state index contributed by atoms with van der Waals surface area (Å²) in [6.45, 7) is 2.60. The molecule has 1 aromatic rings. The van der Waals surface area contributed by atoms with Gasteiger partial charge in [-0.25, -0.2) is 0 Å². The molecule has 17 heavy (non-hydrogen) atoms. The van der Waals surface area contributed by atoms with E-state index in [0.717, 1.165) is 10.0 Å². The smallest absolute Gasteiger partial charge is 0.244 e. The number of aliphatic hydroxyl groups excluding tert-OH is 1. The van der Waals surface area contributed by atoms with Gasteiger partial charge in [-0.3, -0.25) is 4.79 Å². The predicted molar refractivity (Wildman–Crippen MR) is 72.6 cm³/mol. The number of nitrogens with one attached hydrogen (secondary N) is 1. The molecule has 0 saturated carbocycles. The van der Waals surface area contributed by atoms with Gasteiger partial charge >= 0.3 is 0 Å². The zero-order chi connectivity index (χ0) is 12.7. The summed E-state index contributed by atoms with van der Waals surface area (Å²) in [6, 6.07) is 5.95. The summed E-state index contributed by atoms with van der Waals surface area (Å²) in [7, 11) is 0. The van der Waals surface area contributed by atoms with Gasteiger partial charge in [0.15, 0.2) is 0 Å². The first kappa shape index (κ1) is 13.9. The minimum atomic E-state index is -0.147. The van der Waals surface area contributed by atoms with Crippen molar-refractivity contribution in [1.82, 2.24) is 5.32 Å². The van der Waals surface area contributed by atoms with Crippen LogP contribution in [0.25, 0.3) is 6.08 Å². The molecule has 0 aliphatic heterocycles. The Balaban J connectivity index is 2.55. The number of aliphatic hydroxyl groups is 1. The van der Waals surface area contributed by atoms with Gasteiger partial charge < -0.3 is 10.4 Å². The van der Waals surface area contributed by atoms with E-state index in [0.29, 0.717) is 13.0 Å². The van der Waals surface area contributed by atoms with Crippen molar-refractivity contribution in [2.45, 2.75) is 13.3 Å². The highest BCUT2D eigenvalue weighted by Gasteiger charge is 1.98. The Morgan fingerprint density at radius 1 is 1.53 bits per heavy atom. The van der Waals surface area contributed by atoms with E-state index >= 15 is 0 Å². The van der Waals surface area contributed by atoms with Crippen LogP contribution in [-0.2, 0) is 4.79 Å². The van der Waals surface area contributed by atoms with Crippen molar-refractivity contribution in [2.75, 3.05) is 13.2 Å². The summed E-state index contributed by atoms with van der Waals surface area (Å²) in [5, 5.41) is 11.3. The Labute approximate surface area is 110 Å². The van der Waals surface area contributed by atoms with Crippen molar-refractivity contribution in [3.05, 3.63) is 39.9 Å². The fourth-order valence-electron chi connectivity index (χ4n) is 1.28. The van der Waals surface area contributed by atoms with Crippen LogP contribution in [0.4, 0.5) is 0 Å². The van der Waals surface area contributed by atoms with Crippen LogP contribution < -0.4 is 5.32 Å². The van der Waals surface area contributed by atoms with Crippen LogP contribution in [0.2, 0.25) is 0 Å². The fraction of sp³-hybridized carbons (Fsp3) is 0.308. The van der Waals surface area contributed by atoms with Crippen molar-refractivity contribution in [2.24, 2.45) is 0 Å². The molecular formula is C13H16BrNO2. The van der Waals surface area contributed by atoms with Crippen molar-refractivity contribution >= 4 is 27.9 Å². The summed E-state index contributed by atoms with van der Waals surface area (Å²) >= 11 is 3.45. The second kappa shape index (κ2) is 7.25. The molecule has 1 rings (SSSR count). The monoisotopic (exact) mass is 297 g/mol. The van der Waals surface area contributed by atoms with Gasteiger partial charge in [0.2, 0.25) is 5.91 Å². The molecule has 0 aromatic heterocycles. The molecule has 2 N–H and O–H groups in total. The number of aryl methyl sites for hydroxylation is 1. The van der Waals surface area contributed by atoms with Gasteiger partial charge in [-0.05, 0) is 36.6 Å². The predicted octanol–water partition coefficient (Wildman–Crippen LogP) is 2.27. The molecule has 0 fully saturated rings. The van der Waals surface area contributed by atoms with E-state index in [1.54, 1.807) is 6.08 Å². The molecule has 1 amide bonds. The zero-order valence-corrected chi connectivity index (χ0v) is 11.3. The third-order valence-electron chi connectivity index (χ3n) is 2.20. The number of carbonyl (C=O) groups excluding carboxylic acids is 1. The molecule has 0 aliphatic rings. The minimum Gasteiger partial charge on any atom is -0.396 e. The van der Waals surface area contributed by atoms with Crippen molar-refractivity contribution < 1.29 is 9.90 Å². The van der Waals surface area contributed by atoms with Crippen molar-refractivity contribution in [3.8, 4) is 0 Å². The molecule has 1 aromatic carbocycles. The first-order chi connectivity index (χ1) is 8.13. The Bertz CT molecular complexity index is 416. The largest absolute Gasteiger partial charge is 0.396 e. The number of halogens is 1. The third-order valence-corrected chi connectivity index (χ3v) is 2.89. The lowest BCUT2D eigenvalue weighted by Gasteiger charge is -2.01. The second-order valence-corrected chi connectivity index (χ2v) is 4.58. The topological polar surface area (TPSA) is 49.3 Å². The lowest BCUT2D eigenvalue weighted by Crippen LogP contribution is -2.22. The van der Waals surface area contributed by atoms with Gasteiger partial charge in [0.25, 0.3) is 0 Å². The van der Waals surface area contributed by atoms with Crippen LogP contribution in [-0.4, -0.2) is 24.2 Å². The third kappa shape index (κ3) is 5.15. The summed E-state index contributed by atoms with van der Waals surface area (Å²) in [5.41, 5.74) is 2.13. The number of hydrogen-bond donors (Lipinski definition) is 2. The maximum Gasteiger partial charge on any atom is 0.244 e. The molecule has 0 spiro atoms. The zero-order valence-electron chi connectivity index (χ0n) is 9.74. The molecule has 0 unspecified atom stereocenters. The highest BCUT2D eigenvalue weighted by Crippen LogP contribution is 2.19. The first-order valence-electron chi connectivity index (χ1n) is 5.46. The molecule has 4 heteroatoms. The molecule has 3 nitrogen and oxygen atoms in total.